The van der Waals surface area contributed by atoms with E-state index < -0.39 is 5.97 Å². The number of furan rings is 1. The van der Waals surface area contributed by atoms with Gasteiger partial charge in [-0.1, -0.05) is 0 Å². The number of tetrazole rings is 1. The number of carboxylic acids is 1. The first kappa shape index (κ1) is 10.9. The maximum Gasteiger partial charge on any atom is 0.305 e. The van der Waals surface area contributed by atoms with Gasteiger partial charge in [0.05, 0.1) is 24.3 Å². The molecule has 0 aromatic carbocycles. The highest BCUT2D eigenvalue weighted by molar-refractivity contribution is 5.67. The predicted molar refractivity (Wildman–Crippen MR) is 59.5 cm³/mol. The van der Waals surface area contributed by atoms with Gasteiger partial charge in [0.1, 0.15) is 6.26 Å². The van der Waals surface area contributed by atoms with Crippen LogP contribution in [0.2, 0.25) is 0 Å². The molecule has 7 nitrogen and oxygen atoms in total. The van der Waals surface area contributed by atoms with Gasteiger partial charge in [0.25, 0.3) is 0 Å². The minimum absolute atomic E-state index is 0.0422. The molecule has 3 rings (SSSR count). The van der Waals surface area contributed by atoms with Crippen LogP contribution in [-0.2, 0) is 4.79 Å². The maximum absolute atomic E-state index is 10.9. The van der Waals surface area contributed by atoms with Gasteiger partial charge in [-0.2, -0.15) is 0 Å². The molecule has 0 radical (unpaired) electrons. The van der Waals surface area contributed by atoms with Crippen LogP contribution in [0.25, 0.3) is 11.4 Å². The van der Waals surface area contributed by atoms with Crippen LogP contribution in [0.4, 0.5) is 0 Å². The Morgan fingerprint density at radius 1 is 1.61 bits per heavy atom. The summed E-state index contributed by atoms with van der Waals surface area (Å²) in [5.41, 5.74) is 0.760. The molecular weight excluding hydrogens is 236 g/mol. The molecule has 1 aliphatic carbocycles. The Morgan fingerprint density at radius 3 is 3.06 bits per heavy atom. The van der Waals surface area contributed by atoms with Gasteiger partial charge < -0.3 is 9.52 Å². The molecule has 1 unspecified atom stereocenters. The van der Waals surface area contributed by atoms with E-state index in [9.17, 15) is 4.79 Å². The van der Waals surface area contributed by atoms with E-state index in [-0.39, 0.29) is 12.5 Å². The van der Waals surface area contributed by atoms with Crippen LogP contribution < -0.4 is 0 Å². The van der Waals surface area contributed by atoms with E-state index in [1.54, 1.807) is 17.0 Å². The SMILES string of the molecule is O=C(O)CC(C1CC1)n1nnnc1-c1ccoc1. The highest BCUT2D eigenvalue weighted by Gasteiger charge is 2.36. The minimum atomic E-state index is -0.833. The van der Waals surface area contributed by atoms with Crippen LogP contribution in [0, 0.1) is 5.92 Å². The van der Waals surface area contributed by atoms with Gasteiger partial charge in [-0.15, -0.1) is 5.10 Å². The molecule has 2 aromatic rings. The molecule has 94 valence electrons. The molecule has 0 amide bonds. The monoisotopic (exact) mass is 248 g/mol. The zero-order valence-corrected chi connectivity index (χ0v) is 9.56. The molecule has 1 saturated carbocycles. The molecule has 0 aliphatic heterocycles. The van der Waals surface area contributed by atoms with Crippen molar-refractivity contribution in [1.82, 2.24) is 20.2 Å². The first-order valence-corrected chi connectivity index (χ1v) is 5.78. The third kappa shape index (κ3) is 1.99. The normalized spacial score (nSPS) is 16.7. The summed E-state index contributed by atoms with van der Waals surface area (Å²) in [7, 11) is 0. The largest absolute Gasteiger partial charge is 0.481 e. The van der Waals surface area contributed by atoms with Gasteiger partial charge >= 0.3 is 5.97 Å². The summed E-state index contributed by atoms with van der Waals surface area (Å²) in [5.74, 6) is 0.0812. The van der Waals surface area contributed by atoms with E-state index in [4.69, 9.17) is 9.52 Å². The van der Waals surface area contributed by atoms with Gasteiger partial charge in [-0.05, 0) is 35.3 Å². The summed E-state index contributed by atoms with van der Waals surface area (Å²) >= 11 is 0. The van der Waals surface area contributed by atoms with Crippen molar-refractivity contribution in [3.63, 3.8) is 0 Å². The molecule has 1 N–H and O–H groups in total. The molecule has 1 aliphatic rings. The predicted octanol–water partition coefficient (Wildman–Crippen LogP) is 1.36. The van der Waals surface area contributed by atoms with Gasteiger partial charge in [0.2, 0.25) is 0 Å². The summed E-state index contributed by atoms with van der Waals surface area (Å²) < 4.78 is 6.61. The second-order valence-corrected chi connectivity index (χ2v) is 4.46. The van der Waals surface area contributed by atoms with E-state index in [2.05, 4.69) is 15.5 Å². The van der Waals surface area contributed by atoms with Gasteiger partial charge in [-0.3, -0.25) is 4.79 Å². The van der Waals surface area contributed by atoms with Crippen molar-refractivity contribution in [3.8, 4) is 11.4 Å². The third-order valence-electron chi connectivity index (χ3n) is 3.14. The first-order chi connectivity index (χ1) is 8.75. The van der Waals surface area contributed by atoms with Crippen molar-refractivity contribution in [2.45, 2.75) is 25.3 Å². The Hall–Kier alpha value is -2.18. The fourth-order valence-electron chi connectivity index (χ4n) is 2.11. The second kappa shape index (κ2) is 4.25. The van der Waals surface area contributed by atoms with Crippen molar-refractivity contribution >= 4 is 5.97 Å². The maximum atomic E-state index is 10.9. The first-order valence-electron chi connectivity index (χ1n) is 5.78. The van der Waals surface area contributed by atoms with E-state index in [0.29, 0.717) is 11.7 Å². The molecule has 1 fully saturated rings. The Balaban J connectivity index is 1.95. The van der Waals surface area contributed by atoms with Gasteiger partial charge in [-0.25, -0.2) is 4.68 Å². The highest BCUT2D eigenvalue weighted by Crippen LogP contribution is 2.42. The zero-order valence-electron chi connectivity index (χ0n) is 9.56. The van der Waals surface area contributed by atoms with E-state index in [0.717, 1.165) is 18.4 Å². The molecule has 18 heavy (non-hydrogen) atoms. The van der Waals surface area contributed by atoms with Gasteiger partial charge in [0, 0.05) is 0 Å². The van der Waals surface area contributed by atoms with Crippen LogP contribution >= 0.6 is 0 Å². The second-order valence-electron chi connectivity index (χ2n) is 4.46. The average Bonchev–Trinajstić information content (AvgIpc) is 2.86. The topological polar surface area (TPSA) is 94.0 Å². The fraction of sp³-hybridized carbons (Fsp3) is 0.455. The Morgan fingerprint density at radius 2 is 2.44 bits per heavy atom. The van der Waals surface area contributed by atoms with Crippen LogP contribution in [0.1, 0.15) is 25.3 Å². The highest BCUT2D eigenvalue weighted by atomic mass is 16.4. The van der Waals surface area contributed by atoms with E-state index in [1.165, 1.54) is 6.26 Å². The lowest BCUT2D eigenvalue weighted by Gasteiger charge is -2.14. The molecule has 0 spiro atoms. The number of hydrogen-bond acceptors (Lipinski definition) is 5. The number of carbonyl (C=O) groups is 1. The quantitative estimate of drug-likeness (QED) is 0.858. The summed E-state index contributed by atoms with van der Waals surface area (Å²) in [5, 5.41) is 20.5. The van der Waals surface area contributed by atoms with E-state index in [1.807, 2.05) is 0 Å². The average molecular weight is 248 g/mol. The minimum Gasteiger partial charge on any atom is -0.481 e. The number of aliphatic carboxylic acids is 1. The van der Waals surface area contributed by atoms with Crippen molar-refractivity contribution < 1.29 is 14.3 Å². The lowest BCUT2D eigenvalue weighted by Crippen LogP contribution is -2.18. The molecule has 2 aromatic heterocycles. The molecular formula is C11H12N4O3. The number of carboxylic acid groups (broad SMARTS) is 1. The van der Waals surface area contributed by atoms with Crippen molar-refractivity contribution in [1.29, 1.82) is 0 Å². The van der Waals surface area contributed by atoms with E-state index >= 15 is 0 Å². The molecule has 2 heterocycles. The molecule has 0 bridgehead atoms. The van der Waals surface area contributed by atoms with Crippen LogP contribution in [-0.4, -0.2) is 31.3 Å². The number of nitrogens with zero attached hydrogens (tertiary/aromatic N) is 4. The fourth-order valence-corrected chi connectivity index (χ4v) is 2.11. The summed E-state index contributed by atoms with van der Waals surface area (Å²) in [4.78, 5) is 10.9. The van der Waals surface area contributed by atoms with Gasteiger partial charge in [0.15, 0.2) is 5.82 Å². The molecule has 7 heteroatoms. The zero-order chi connectivity index (χ0) is 12.5. The third-order valence-corrected chi connectivity index (χ3v) is 3.14. The van der Waals surface area contributed by atoms with Crippen molar-refractivity contribution in [2.24, 2.45) is 5.92 Å². The van der Waals surface area contributed by atoms with Crippen LogP contribution in [0.3, 0.4) is 0 Å². The summed E-state index contributed by atoms with van der Waals surface area (Å²) in [6.45, 7) is 0. The Bertz CT molecular complexity index is 544. The summed E-state index contributed by atoms with van der Waals surface area (Å²) in [6, 6.07) is 1.58. The number of rotatable bonds is 5. The van der Waals surface area contributed by atoms with Crippen LogP contribution in [0.5, 0.6) is 0 Å². The number of aromatic nitrogens is 4. The lowest BCUT2D eigenvalue weighted by atomic mass is 10.1. The Labute approximate surface area is 102 Å². The standard InChI is InChI=1S/C11H12N4O3/c16-10(17)5-9(7-1-2-7)15-11(12-13-14-15)8-3-4-18-6-8/h3-4,6-7,9H,1-2,5H2,(H,16,17). The smallest absolute Gasteiger partial charge is 0.305 e. The molecule has 0 saturated heterocycles. The van der Waals surface area contributed by atoms with Crippen molar-refractivity contribution in [3.05, 3.63) is 18.6 Å². The lowest BCUT2D eigenvalue weighted by molar-refractivity contribution is -0.138. The molecule has 1 atom stereocenters. The summed E-state index contributed by atoms with van der Waals surface area (Å²) in [6.07, 6.45) is 5.19. The van der Waals surface area contributed by atoms with Crippen molar-refractivity contribution in [2.75, 3.05) is 0 Å². The van der Waals surface area contributed by atoms with Crippen LogP contribution in [0.15, 0.2) is 23.0 Å². The number of hydrogen-bond donors (Lipinski definition) is 1. The Kier molecular flexibility index (Phi) is 2.58.